The molecule has 0 saturated heterocycles. The van der Waals surface area contributed by atoms with Gasteiger partial charge in [0.1, 0.15) is 5.75 Å². The average Bonchev–Trinajstić information content (AvgIpc) is 2.79. The molecule has 1 atom stereocenters. The van der Waals surface area contributed by atoms with Gasteiger partial charge in [0.25, 0.3) is 0 Å². The van der Waals surface area contributed by atoms with E-state index < -0.39 is 0 Å². The third kappa shape index (κ3) is 2.55. The molecule has 0 bridgehead atoms. The van der Waals surface area contributed by atoms with Gasteiger partial charge in [0, 0.05) is 23.3 Å². The summed E-state index contributed by atoms with van der Waals surface area (Å²) < 4.78 is 7.95. The molecular weight excluding hydrogens is 296 g/mol. The number of hydrazine groups is 1. The molecule has 0 spiro atoms. The van der Waals surface area contributed by atoms with Crippen LogP contribution in [-0.4, -0.2) is 16.9 Å². The fourth-order valence-corrected chi connectivity index (χ4v) is 2.30. The highest BCUT2D eigenvalue weighted by Gasteiger charge is 2.17. The summed E-state index contributed by atoms with van der Waals surface area (Å²) in [5.74, 6) is 6.45. The maximum Gasteiger partial charge on any atom is 0.119 e. The van der Waals surface area contributed by atoms with Crippen molar-refractivity contribution >= 4 is 15.9 Å². The molecule has 0 amide bonds. The van der Waals surface area contributed by atoms with Gasteiger partial charge in [-0.05, 0) is 23.8 Å². The molecule has 5 nitrogen and oxygen atoms in total. The van der Waals surface area contributed by atoms with Crippen molar-refractivity contribution in [3.8, 4) is 5.75 Å². The maximum absolute atomic E-state index is 5.66. The third-order valence-electron chi connectivity index (χ3n) is 2.74. The first-order valence-electron chi connectivity index (χ1n) is 5.44. The minimum Gasteiger partial charge on any atom is -0.497 e. The Morgan fingerprint density at radius 2 is 2.28 bits per heavy atom. The van der Waals surface area contributed by atoms with Crippen LogP contribution in [-0.2, 0) is 7.05 Å². The number of aryl methyl sites for hydroxylation is 1. The minimum absolute atomic E-state index is 0.136. The van der Waals surface area contributed by atoms with E-state index in [2.05, 4.69) is 26.5 Å². The topological polar surface area (TPSA) is 65.1 Å². The van der Waals surface area contributed by atoms with E-state index in [1.165, 1.54) is 0 Å². The zero-order valence-electron chi connectivity index (χ0n) is 10.2. The fraction of sp³-hybridized carbons (Fsp3) is 0.250. The molecule has 18 heavy (non-hydrogen) atoms. The zero-order valence-corrected chi connectivity index (χ0v) is 11.8. The number of ether oxygens (including phenoxy) is 1. The molecule has 1 heterocycles. The Hall–Kier alpha value is -1.37. The van der Waals surface area contributed by atoms with Gasteiger partial charge in [0.05, 0.1) is 19.3 Å². The smallest absolute Gasteiger partial charge is 0.119 e. The first kappa shape index (κ1) is 13.1. The SMILES string of the molecule is COc1ccc(Br)c(C(NN)c2cnn(C)c2)c1. The number of hydrogen-bond donors (Lipinski definition) is 2. The van der Waals surface area contributed by atoms with Crippen LogP contribution in [0.1, 0.15) is 17.2 Å². The number of methoxy groups -OCH3 is 1. The first-order valence-corrected chi connectivity index (χ1v) is 6.23. The standard InChI is InChI=1S/C12H15BrN4O/c1-17-7-8(6-15-17)12(16-14)10-5-9(18-2)3-4-11(10)13/h3-7,12,16H,14H2,1-2H3. The van der Waals surface area contributed by atoms with Crippen LogP contribution in [0.4, 0.5) is 0 Å². The predicted molar refractivity (Wildman–Crippen MR) is 73.1 cm³/mol. The molecule has 0 saturated carbocycles. The van der Waals surface area contributed by atoms with Gasteiger partial charge < -0.3 is 4.74 Å². The lowest BCUT2D eigenvalue weighted by Gasteiger charge is -2.17. The second-order valence-electron chi connectivity index (χ2n) is 3.93. The summed E-state index contributed by atoms with van der Waals surface area (Å²) in [7, 11) is 3.51. The first-order chi connectivity index (χ1) is 8.65. The number of nitrogens with zero attached hydrogens (tertiary/aromatic N) is 2. The largest absolute Gasteiger partial charge is 0.497 e. The van der Waals surface area contributed by atoms with Gasteiger partial charge in [-0.2, -0.15) is 5.10 Å². The van der Waals surface area contributed by atoms with E-state index in [4.69, 9.17) is 10.6 Å². The monoisotopic (exact) mass is 310 g/mol. The summed E-state index contributed by atoms with van der Waals surface area (Å²) in [6, 6.07) is 5.64. The summed E-state index contributed by atoms with van der Waals surface area (Å²) in [6.45, 7) is 0. The lowest BCUT2D eigenvalue weighted by molar-refractivity contribution is 0.413. The highest BCUT2D eigenvalue weighted by atomic mass is 79.9. The van der Waals surface area contributed by atoms with Crippen LogP contribution in [0.3, 0.4) is 0 Å². The Kier molecular flexibility index (Phi) is 4.00. The van der Waals surface area contributed by atoms with Crippen molar-refractivity contribution in [1.82, 2.24) is 15.2 Å². The average molecular weight is 311 g/mol. The predicted octanol–water partition coefficient (Wildman–Crippen LogP) is 1.74. The summed E-state index contributed by atoms with van der Waals surface area (Å²) in [4.78, 5) is 0. The van der Waals surface area contributed by atoms with Crippen LogP contribution in [0.25, 0.3) is 0 Å². The lowest BCUT2D eigenvalue weighted by Crippen LogP contribution is -2.28. The molecule has 96 valence electrons. The van der Waals surface area contributed by atoms with Gasteiger partial charge in [-0.1, -0.05) is 15.9 Å². The van der Waals surface area contributed by atoms with E-state index in [1.54, 1.807) is 18.0 Å². The maximum atomic E-state index is 5.66. The molecule has 3 N–H and O–H groups in total. The normalized spacial score (nSPS) is 12.4. The molecular formula is C12H15BrN4O. The zero-order chi connectivity index (χ0) is 13.1. The Morgan fingerprint density at radius 3 is 2.83 bits per heavy atom. The molecule has 0 fully saturated rings. The second-order valence-corrected chi connectivity index (χ2v) is 4.79. The molecule has 6 heteroatoms. The van der Waals surface area contributed by atoms with Crippen molar-refractivity contribution < 1.29 is 4.74 Å². The lowest BCUT2D eigenvalue weighted by atomic mass is 10.0. The van der Waals surface area contributed by atoms with E-state index >= 15 is 0 Å². The quantitative estimate of drug-likeness (QED) is 0.667. The summed E-state index contributed by atoms with van der Waals surface area (Å²) in [6.07, 6.45) is 3.72. The summed E-state index contributed by atoms with van der Waals surface area (Å²) in [5, 5.41) is 4.16. The van der Waals surface area contributed by atoms with Crippen molar-refractivity contribution in [2.45, 2.75) is 6.04 Å². The molecule has 2 aromatic rings. The van der Waals surface area contributed by atoms with E-state index in [0.717, 1.165) is 21.3 Å². The minimum atomic E-state index is -0.136. The molecule has 0 aliphatic heterocycles. The van der Waals surface area contributed by atoms with Gasteiger partial charge in [0.2, 0.25) is 0 Å². The highest BCUT2D eigenvalue weighted by molar-refractivity contribution is 9.10. The van der Waals surface area contributed by atoms with E-state index in [9.17, 15) is 0 Å². The number of rotatable bonds is 4. The number of hydrogen-bond acceptors (Lipinski definition) is 4. The molecule has 0 aliphatic rings. The Morgan fingerprint density at radius 1 is 1.50 bits per heavy atom. The van der Waals surface area contributed by atoms with Crippen LogP contribution in [0.2, 0.25) is 0 Å². The highest BCUT2D eigenvalue weighted by Crippen LogP contribution is 2.31. The number of halogens is 1. The van der Waals surface area contributed by atoms with Crippen molar-refractivity contribution in [3.63, 3.8) is 0 Å². The summed E-state index contributed by atoms with van der Waals surface area (Å²) >= 11 is 3.53. The van der Waals surface area contributed by atoms with Crippen molar-refractivity contribution in [2.24, 2.45) is 12.9 Å². The third-order valence-corrected chi connectivity index (χ3v) is 3.46. The van der Waals surface area contributed by atoms with Crippen LogP contribution in [0, 0.1) is 0 Å². The van der Waals surface area contributed by atoms with Gasteiger partial charge in [-0.3, -0.25) is 10.5 Å². The van der Waals surface area contributed by atoms with E-state index in [1.807, 2.05) is 31.4 Å². The van der Waals surface area contributed by atoms with E-state index in [0.29, 0.717) is 0 Å². The van der Waals surface area contributed by atoms with Gasteiger partial charge in [-0.15, -0.1) is 0 Å². The Bertz CT molecular complexity index is 541. The number of aromatic nitrogens is 2. The summed E-state index contributed by atoms with van der Waals surface area (Å²) in [5.41, 5.74) is 4.80. The molecule has 0 radical (unpaired) electrons. The van der Waals surface area contributed by atoms with Crippen molar-refractivity contribution in [2.75, 3.05) is 7.11 Å². The Balaban J connectivity index is 2.44. The van der Waals surface area contributed by atoms with Gasteiger partial charge in [-0.25, -0.2) is 5.43 Å². The molecule has 1 unspecified atom stereocenters. The van der Waals surface area contributed by atoms with Crippen molar-refractivity contribution in [3.05, 3.63) is 46.2 Å². The van der Waals surface area contributed by atoms with Gasteiger partial charge >= 0.3 is 0 Å². The number of nitrogens with one attached hydrogen (secondary N) is 1. The van der Waals surface area contributed by atoms with Crippen LogP contribution in [0.5, 0.6) is 5.75 Å². The van der Waals surface area contributed by atoms with Crippen LogP contribution in [0.15, 0.2) is 35.1 Å². The Labute approximate surface area is 114 Å². The van der Waals surface area contributed by atoms with Crippen molar-refractivity contribution in [1.29, 1.82) is 0 Å². The van der Waals surface area contributed by atoms with Gasteiger partial charge in [0.15, 0.2) is 0 Å². The van der Waals surface area contributed by atoms with E-state index in [-0.39, 0.29) is 6.04 Å². The van der Waals surface area contributed by atoms with Crippen LogP contribution >= 0.6 is 15.9 Å². The molecule has 2 rings (SSSR count). The van der Waals surface area contributed by atoms with Crippen LogP contribution < -0.4 is 16.0 Å². The molecule has 0 aliphatic carbocycles. The number of nitrogens with two attached hydrogens (primary N) is 1. The molecule has 1 aromatic carbocycles. The fourth-order valence-electron chi connectivity index (χ4n) is 1.82. The number of benzene rings is 1. The molecule has 1 aromatic heterocycles. The second kappa shape index (κ2) is 5.51.